The van der Waals surface area contributed by atoms with Gasteiger partial charge in [0.15, 0.2) is 0 Å². The molecule has 0 radical (unpaired) electrons. The van der Waals surface area contributed by atoms with Crippen molar-refractivity contribution in [1.29, 1.82) is 0 Å². The van der Waals surface area contributed by atoms with E-state index in [9.17, 15) is 8.78 Å². The summed E-state index contributed by atoms with van der Waals surface area (Å²) in [4.78, 5) is 0. The molecule has 0 amide bonds. The molecule has 1 aromatic carbocycles. The Labute approximate surface area is 110 Å². The number of rotatable bonds is 5. The van der Waals surface area contributed by atoms with Gasteiger partial charge in [0.25, 0.3) is 0 Å². The molecule has 0 bridgehead atoms. The van der Waals surface area contributed by atoms with E-state index >= 15 is 0 Å². The highest BCUT2D eigenvalue weighted by Crippen LogP contribution is 2.25. The third-order valence-corrected chi connectivity index (χ3v) is 3.90. The standard InChI is InChI=1S/C13H18BrF2N/c1-4-9(8(2)17-3)7-10-12(15)6-5-11(14)13(10)16/h5-6,8-9,17H,4,7H2,1-3H3. The van der Waals surface area contributed by atoms with E-state index in [4.69, 9.17) is 0 Å². The maximum absolute atomic E-state index is 13.8. The lowest BCUT2D eigenvalue weighted by atomic mass is 9.90. The van der Waals surface area contributed by atoms with Gasteiger partial charge in [0.2, 0.25) is 0 Å². The molecule has 0 aliphatic carbocycles. The highest BCUT2D eigenvalue weighted by atomic mass is 79.9. The predicted molar refractivity (Wildman–Crippen MR) is 70.1 cm³/mol. The lowest BCUT2D eigenvalue weighted by Gasteiger charge is -2.22. The number of hydrogen-bond acceptors (Lipinski definition) is 1. The van der Waals surface area contributed by atoms with Crippen molar-refractivity contribution >= 4 is 15.9 Å². The van der Waals surface area contributed by atoms with Crippen LogP contribution in [-0.4, -0.2) is 13.1 Å². The van der Waals surface area contributed by atoms with Crippen LogP contribution in [0.5, 0.6) is 0 Å². The minimum atomic E-state index is -0.480. The van der Waals surface area contributed by atoms with Crippen LogP contribution in [-0.2, 0) is 6.42 Å². The Morgan fingerprint density at radius 2 is 2.00 bits per heavy atom. The maximum atomic E-state index is 13.8. The second kappa shape index (κ2) is 6.45. The van der Waals surface area contributed by atoms with Gasteiger partial charge in [-0.15, -0.1) is 0 Å². The van der Waals surface area contributed by atoms with Gasteiger partial charge in [-0.2, -0.15) is 0 Å². The molecule has 1 rings (SSSR count). The smallest absolute Gasteiger partial charge is 0.143 e. The van der Waals surface area contributed by atoms with E-state index in [0.29, 0.717) is 10.9 Å². The summed E-state index contributed by atoms with van der Waals surface area (Å²) in [6, 6.07) is 2.94. The molecule has 2 atom stereocenters. The van der Waals surface area contributed by atoms with Gasteiger partial charge < -0.3 is 5.32 Å². The van der Waals surface area contributed by atoms with E-state index < -0.39 is 11.6 Å². The Morgan fingerprint density at radius 1 is 1.35 bits per heavy atom. The van der Waals surface area contributed by atoms with Crippen LogP contribution in [0.2, 0.25) is 0 Å². The van der Waals surface area contributed by atoms with Gasteiger partial charge in [-0.3, -0.25) is 0 Å². The Kier molecular flexibility index (Phi) is 5.53. The zero-order chi connectivity index (χ0) is 13.0. The monoisotopic (exact) mass is 305 g/mol. The number of nitrogens with one attached hydrogen (secondary N) is 1. The Morgan fingerprint density at radius 3 is 2.53 bits per heavy atom. The largest absolute Gasteiger partial charge is 0.317 e. The molecule has 0 aliphatic heterocycles. The van der Waals surface area contributed by atoms with Crippen molar-refractivity contribution in [2.75, 3.05) is 7.05 Å². The van der Waals surface area contributed by atoms with Crippen LogP contribution in [0.25, 0.3) is 0 Å². The summed E-state index contributed by atoms with van der Waals surface area (Å²) in [6.45, 7) is 4.06. The van der Waals surface area contributed by atoms with Gasteiger partial charge >= 0.3 is 0 Å². The first kappa shape index (κ1) is 14.6. The molecule has 2 unspecified atom stereocenters. The van der Waals surface area contributed by atoms with Crippen LogP contribution in [0.3, 0.4) is 0 Å². The van der Waals surface area contributed by atoms with Crippen molar-refractivity contribution in [2.24, 2.45) is 5.92 Å². The highest BCUT2D eigenvalue weighted by Gasteiger charge is 2.20. The van der Waals surface area contributed by atoms with Crippen molar-refractivity contribution in [3.05, 3.63) is 33.8 Å². The van der Waals surface area contributed by atoms with Crippen LogP contribution in [0.4, 0.5) is 8.78 Å². The summed E-state index contributed by atoms with van der Waals surface area (Å²) in [5.41, 5.74) is 0.174. The Hall–Kier alpha value is -0.480. The van der Waals surface area contributed by atoms with E-state index in [-0.39, 0.29) is 17.5 Å². The average Bonchev–Trinajstić information content (AvgIpc) is 2.33. The van der Waals surface area contributed by atoms with E-state index in [1.54, 1.807) is 0 Å². The van der Waals surface area contributed by atoms with E-state index in [1.807, 2.05) is 20.9 Å². The average molecular weight is 306 g/mol. The molecular formula is C13H18BrF2N. The summed E-state index contributed by atoms with van der Waals surface area (Å²) in [7, 11) is 1.86. The molecule has 0 spiro atoms. The lowest BCUT2D eigenvalue weighted by Crippen LogP contribution is -2.31. The van der Waals surface area contributed by atoms with Crippen molar-refractivity contribution in [3.8, 4) is 0 Å². The molecule has 17 heavy (non-hydrogen) atoms. The van der Waals surface area contributed by atoms with Crippen molar-refractivity contribution in [3.63, 3.8) is 0 Å². The molecule has 0 aromatic heterocycles. The summed E-state index contributed by atoms with van der Waals surface area (Å²) in [6.07, 6.45) is 1.29. The van der Waals surface area contributed by atoms with Gasteiger partial charge in [-0.05, 0) is 54.4 Å². The molecular weight excluding hydrogens is 288 g/mol. The van der Waals surface area contributed by atoms with Crippen molar-refractivity contribution in [1.82, 2.24) is 5.32 Å². The minimum absolute atomic E-state index is 0.174. The first-order valence-electron chi connectivity index (χ1n) is 5.80. The van der Waals surface area contributed by atoms with Crippen molar-refractivity contribution < 1.29 is 8.78 Å². The lowest BCUT2D eigenvalue weighted by molar-refractivity contribution is 0.370. The highest BCUT2D eigenvalue weighted by molar-refractivity contribution is 9.10. The third-order valence-electron chi connectivity index (χ3n) is 3.29. The van der Waals surface area contributed by atoms with Crippen LogP contribution in [0, 0.1) is 17.6 Å². The summed E-state index contributed by atoms with van der Waals surface area (Å²) in [5, 5.41) is 3.13. The number of benzene rings is 1. The fourth-order valence-corrected chi connectivity index (χ4v) is 2.30. The first-order valence-corrected chi connectivity index (χ1v) is 6.60. The number of hydrogen-bond donors (Lipinski definition) is 1. The summed E-state index contributed by atoms with van der Waals surface area (Å²) in [5.74, 6) is -0.725. The van der Waals surface area contributed by atoms with E-state index in [1.165, 1.54) is 12.1 Å². The molecule has 0 saturated heterocycles. The van der Waals surface area contributed by atoms with Crippen LogP contribution < -0.4 is 5.32 Å². The quantitative estimate of drug-likeness (QED) is 0.814. The second-order valence-corrected chi connectivity index (χ2v) is 5.13. The molecule has 0 aliphatic rings. The molecule has 1 nitrogen and oxygen atoms in total. The van der Waals surface area contributed by atoms with Gasteiger partial charge in [-0.25, -0.2) is 8.78 Å². The summed E-state index contributed by atoms with van der Waals surface area (Å²) < 4.78 is 27.8. The van der Waals surface area contributed by atoms with E-state index in [0.717, 1.165) is 6.42 Å². The minimum Gasteiger partial charge on any atom is -0.317 e. The fourth-order valence-electron chi connectivity index (χ4n) is 1.93. The topological polar surface area (TPSA) is 12.0 Å². The van der Waals surface area contributed by atoms with Crippen molar-refractivity contribution in [2.45, 2.75) is 32.7 Å². The number of halogens is 3. The zero-order valence-electron chi connectivity index (χ0n) is 10.4. The molecule has 0 saturated carbocycles. The van der Waals surface area contributed by atoms with Gasteiger partial charge in [0, 0.05) is 11.6 Å². The molecule has 0 fully saturated rings. The normalized spacial score (nSPS) is 14.7. The van der Waals surface area contributed by atoms with Gasteiger partial charge in [0.1, 0.15) is 11.6 Å². The third kappa shape index (κ3) is 3.49. The Bertz CT molecular complexity index is 382. The van der Waals surface area contributed by atoms with Gasteiger partial charge in [0.05, 0.1) is 4.47 Å². The first-order chi connectivity index (χ1) is 8.01. The molecule has 1 N–H and O–H groups in total. The fraction of sp³-hybridized carbons (Fsp3) is 0.538. The Balaban J connectivity index is 2.97. The molecule has 0 heterocycles. The van der Waals surface area contributed by atoms with E-state index in [2.05, 4.69) is 21.2 Å². The van der Waals surface area contributed by atoms with Gasteiger partial charge in [-0.1, -0.05) is 13.3 Å². The van der Waals surface area contributed by atoms with Crippen LogP contribution >= 0.6 is 15.9 Å². The van der Waals surface area contributed by atoms with Crippen LogP contribution in [0.15, 0.2) is 16.6 Å². The SMILES string of the molecule is CCC(Cc1c(F)ccc(Br)c1F)C(C)NC. The second-order valence-electron chi connectivity index (χ2n) is 4.27. The summed E-state index contributed by atoms with van der Waals surface area (Å²) >= 11 is 3.09. The molecule has 4 heteroatoms. The molecule has 1 aromatic rings. The maximum Gasteiger partial charge on any atom is 0.143 e. The predicted octanol–water partition coefficient (Wildman–Crippen LogP) is 3.90. The molecule has 96 valence electrons. The van der Waals surface area contributed by atoms with Crippen LogP contribution in [0.1, 0.15) is 25.8 Å². The zero-order valence-corrected chi connectivity index (χ0v) is 11.9.